The van der Waals surface area contributed by atoms with Crippen LogP contribution in [0.25, 0.3) is 10.2 Å². The van der Waals surface area contributed by atoms with Crippen molar-refractivity contribution in [1.29, 1.82) is 0 Å². The van der Waals surface area contributed by atoms with E-state index in [9.17, 15) is 8.42 Å². The normalized spacial score (nSPS) is 11.9. The molecular weight excluding hydrogens is 304 g/mol. The molecule has 21 heavy (non-hydrogen) atoms. The molecule has 0 saturated heterocycles. The number of hydrogen-bond donors (Lipinski definition) is 1. The summed E-state index contributed by atoms with van der Waals surface area (Å²) in [6, 6.07) is 14.7. The summed E-state index contributed by atoms with van der Waals surface area (Å²) < 4.78 is 28.3. The fraction of sp³-hybridized carbons (Fsp3) is 0.133. The Bertz CT molecular complexity index is 852. The van der Waals surface area contributed by atoms with Crippen LogP contribution in [0.15, 0.2) is 53.4 Å². The third-order valence-corrected chi connectivity index (χ3v) is 5.73. The Morgan fingerprint density at radius 3 is 2.57 bits per heavy atom. The largest absolute Gasteiger partial charge is 0.241 e. The number of sulfonamides is 1. The number of thiazole rings is 1. The number of nitrogens with one attached hydrogen (secondary N) is 1. The number of aromatic nitrogens is 1. The lowest BCUT2D eigenvalue weighted by Crippen LogP contribution is -2.23. The van der Waals surface area contributed by atoms with Crippen LogP contribution in [-0.4, -0.2) is 13.4 Å². The van der Waals surface area contributed by atoms with Crippen molar-refractivity contribution in [1.82, 2.24) is 9.71 Å². The van der Waals surface area contributed by atoms with Gasteiger partial charge in [0.2, 0.25) is 10.0 Å². The number of para-hydroxylation sites is 1. The van der Waals surface area contributed by atoms with Gasteiger partial charge in [0.05, 0.1) is 21.7 Å². The van der Waals surface area contributed by atoms with Crippen LogP contribution in [-0.2, 0) is 16.6 Å². The predicted molar refractivity (Wildman–Crippen MR) is 84.8 cm³/mol. The van der Waals surface area contributed by atoms with Gasteiger partial charge in [-0.3, -0.25) is 0 Å². The van der Waals surface area contributed by atoms with Gasteiger partial charge in [0, 0.05) is 0 Å². The average molecular weight is 318 g/mol. The number of benzene rings is 2. The molecule has 0 unspecified atom stereocenters. The van der Waals surface area contributed by atoms with Crippen LogP contribution in [0.3, 0.4) is 0 Å². The third-order valence-electron chi connectivity index (χ3n) is 3.13. The average Bonchev–Trinajstić information content (AvgIpc) is 2.88. The minimum absolute atomic E-state index is 0.204. The second-order valence-corrected chi connectivity index (χ2v) is 7.52. The number of rotatable bonds is 4. The second-order valence-electron chi connectivity index (χ2n) is 4.67. The van der Waals surface area contributed by atoms with E-state index in [4.69, 9.17) is 0 Å². The van der Waals surface area contributed by atoms with E-state index in [1.54, 1.807) is 25.1 Å². The highest BCUT2D eigenvalue weighted by Gasteiger charge is 2.16. The van der Waals surface area contributed by atoms with E-state index in [0.29, 0.717) is 4.90 Å². The lowest BCUT2D eigenvalue weighted by atomic mass is 10.2. The van der Waals surface area contributed by atoms with Crippen molar-refractivity contribution in [2.75, 3.05) is 0 Å². The van der Waals surface area contributed by atoms with Crippen LogP contribution in [0.2, 0.25) is 0 Å². The molecular formula is C15H14N2O2S2. The first-order valence-corrected chi connectivity index (χ1v) is 8.76. The Morgan fingerprint density at radius 1 is 1.10 bits per heavy atom. The fourth-order valence-electron chi connectivity index (χ4n) is 2.09. The van der Waals surface area contributed by atoms with Crippen molar-refractivity contribution in [3.8, 4) is 0 Å². The summed E-state index contributed by atoms with van der Waals surface area (Å²) >= 11 is 1.50. The minimum atomic E-state index is -3.51. The van der Waals surface area contributed by atoms with E-state index in [2.05, 4.69) is 9.71 Å². The number of fused-ring (bicyclic) bond motifs is 1. The maximum absolute atomic E-state index is 12.3. The molecule has 0 amide bonds. The van der Waals surface area contributed by atoms with Crippen LogP contribution >= 0.6 is 11.3 Å². The molecule has 6 heteroatoms. The van der Waals surface area contributed by atoms with E-state index in [-0.39, 0.29) is 6.54 Å². The second kappa shape index (κ2) is 5.55. The molecule has 0 bridgehead atoms. The van der Waals surface area contributed by atoms with Gasteiger partial charge in [0.25, 0.3) is 0 Å². The van der Waals surface area contributed by atoms with Gasteiger partial charge in [-0.25, -0.2) is 18.1 Å². The van der Waals surface area contributed by atoms with Gasteiger partial charge in [-0.15, -0.1) is 11.3 Å². The highest BCUT2D eigenvalue weighted by molar-refractivity contribution is 7.89. The van der Waals surface area contributed by atoms with Crippen molar-refractivity contribution in [2.45, 2.75) is 18.4 Å². The van der Waals surface area contributed by atoms with Crippen molar-refractivity contribution in [3.63, 3.8) is 0 Å². The molecule has 0 atom stereocenters. The van der Waals surface area contributed by atoms with Gasteiger partial charge in [0.15, 0.2) is 0 Å². The van der Waals surface area contributed by atoms with Gasteiger partial charge in [-0.1, -0.05) is 30.3 Å². The van der Waals surface area contributed by atoms with Crippen LogP contribution in [0.4, 0.5) is 0 Å². The van der Waals surface area contributed by atoms with Crippen LogP contribution in [0.1, 0.15) is 10.6 Å². The first-order valence-electron chi connectivity index (χ1n) is 6.46. The molecule has 1 N–H and O–H groups in total. The van der Waals surface area contributed by atoms with E-state index >= 15 is 0 Å². The summed E-state index contributed by atoms with van der Waals surface area (Å²) in [4.78, 5) is 4.73. The maximum Gasteiger partial charge on any atom is 0.241 e. The van der Waals surface area contributed by atoms with Crippen LogP contribution < -0.4 is 4.72 Å². The molecule has 2 aromatic carbocycles. The first kappa shape index (κ1) is 14.2. The molecule has 0 spiro atoms. The molecule has 1 heterocycles. The molecule has 3 aromatic rings. The van der Waals surface area contributed by atoms with Gasteiger partial charge >= 0.3 is 0 Å². The lowest BCUT2D eigenvalue weighted by Gasteiger charge is -2.07. The summed E-state index contributed by atoms with van der Waals surface area (Å²) in [6.45, 7) is 1.99. The number of aryl methyl sites for hydroxylation is 1. The molecule has 0 radical (unpaired) electrons. The summed E-state index contributed by atoms with van der Waals surface area (Å²) in [5.41, 5.74) is 1.63. The Hall–Kier alpha value is -1.76. The monoisotopic (exact) mass is 318 g/mol. The topological polar surface area (TPSA) is 59.1 Å². The zero-order valence-electron chi connectivity index (χ0n) is 11.4. The maximum atomic E-state index is 12.3. The molecule has 4 nitrogen and oxygen atoms in total. The zero-order valence-corrected chi connectivity index (χ0v) is 13.0. The Labute approximate surface area is 127 Å². The van der Waals surface area contributed by atoms with Crippen molar-refractivity contribution < 1.29 is 8.42 Å². The van der Waals surface area contributed by atoms with Gasteiger partial charge < -0.3 is 0 Å². The highest BCUT2D eigenvalue weighted by atomic mass is 32.2. The molecule has 0 fully saturated rings. The third kappa shape index (κ3) is 2.97. The van der Waals surface area contributed by atoms with E-state index in [0.717, 1.165) is 20.8 Å². The Balaban J connectivity index is 1.82. The van der Waals surface area contributed by atoms with Crippen LogP contribution in [0, 0.1) is 6.92 Å². The van der Waals surface area contributed by atoms with E-state index < -0.39 is 10.0 Å². The standard InChI is InChI=1S/C15H14N2O2S2/c1-11-6-2-5-9-14(11)21(18,19)16-10-15-17-12-7-3-4-8-13(12)20-15/h2-9,16H,10H2,1H3. The Kier molecular flexibility index (Phi) is 3.75. The van der Waals surface area contributed by atoms with Crippen LogP contribution in [0.5, 0.6) is 0 Å². The van der Waals surface area contributed by atoms with E-state index in [1.807, 2.05) is 30.3 Å². The van der Waals surface area contributed by atoms with Gasteiger partial charge in [0.1, 0.15) is 5.01 Å². The zero-order chi connectivity index (χ0) is 14.9. The molecule has 3 rings (SSSR count). The molecule has 108 valence electrons. The molecule has 0 saturated carbocycles. The molecule has 0 aliphatic carbocycles. The first-order chi connectivity index (χ1) is 10.1. The summed E-state index contributed by atoms with van der Waals surface area (Å²) in [5, 5.41) is 0.758. The van der Waals surface area contributed by atoms with Crippen molar-refractivity contribution in [2.24, 2.45) is 0 Å². The molecule has 0 aliphatic heterocycles. The fourth-order valence-corrected chi connectivity index (χ4v) is 4.32. The summed E-state index contributed by atoms with van der Waals surface area (Å²) in [5.74, 6) is 0. The van der Waals surface area contributed by atoms with Gasteiger partial charge in [-0.05, 0) is 30.7 Å². The number of hydrogen-bond acceptors (Lipinski definition) is 4. The van der Waals surface area contributed by atoms with E-state index in [1.165, 1.54) is 11.3 Å². The number of nitrogens with zero attached hydrogens (tertiary/aromatic N) is 1. The Morgan fingerprint density at radius 2 is 1.81 bits per heavy atom. The highest BCUT2D eigenvalue weighted by Crippen LogP contribution is 2.22. The van der Waals surface area contributed by atoms with Crippen molar-refractivity contribution >= 4 is 31.6 Å². The SMILES string of the molecule is Cc1ccccc1S(=O)(=O)NCc1nc2ccccc2s1. The predicted octanol–water partition coefficient (Wildman–Crippen LogP) is 3.08. The minimum Gasteiger partial charge on any atom is -0.240 e. The molecule has 1 aromatic heterocycles. The lowest BCUT2D eigenvalue weighted by molar-refractivity contribution is 0.580. The van der Waals surface area contributed by atoms with Crippen molar-refractivity contribution in [3.05, 3.63) is 59.1 Å². The van der Waals surface area contributed by atoms with Gasteiger partial charge in [-0.2, -0.15) is 0 Å². The summed E-state index contributed by atoms with van der Waals surface area (Å²) in [7, 11) is -3.51. The quantitative estimate of drug-likeness (QED) is 0.804. The molecule has 0 aliphatic rings. The summed E-state index contributed by atoms with van der Waals surface area (Å²) in [6.07, 6.45) is 0. The smallest absolute Gasteiger partial charge is 0.240 e.